The van der Waals surface area contributed by atoms with Gasteiger partial charge in [-0.2, -0.15) is 0 Å². The summed E-state index contributed by atoms with van der Waals surface area (Å²) in [5.74, 6) is 0.392. The van der Waals surface area contributed by atoms with Crippen LogP contribution in [0, 0.1) is 6.92 Å². The van der Waals surface area contributed by atoms with Gasteiger partial charge in [-0.15, -0.1) is 10.2 Å². The number of rotatable bonds is 8. The molecule has 0 radical (unpaired) electrons. The van der Waals surface area contributed by atoms with Gasteiger partial charge in [-0.3, -0.25) is 9.59 Å². The van der Waals surface area contributed by atoms with Gasteiger partial charge in [0.05, 0.1) is 12.2 Å². The molecule has 1 aromatic heterocycles. The summed E-state index contributed by atoms with van der Waals surface area (Å²) in [6.45, 7) is 4.43. The highest BCUT2D eigenvalue weighted by atomic mass is 35.5. The zero-order valence-electron chi connectivity index (χ0n) is 16.7. The lowest BCUT2D eigenvalue weighted by Crippen LogP contribution is -2.18. The van der Waals surface area contributed by atoms with Crippen LogP contribution in [0.1, 0.15) is 18.3 Å². The van der Waals surface area contributed by atoms with Gasteiger partial charge in [-0.1, -0.05) is 47.6 Å². The number of carbonyl (C=O) groups is 2. The number of anilines is 2. The van der Waals surface area contributed by atoms with Crippen molar-refractivity contribution in [1.29, 1.82) is 0 Å². The van der Waals surface area contributed by atoms with E-state index in [1.165, 1.54) is 11.8 Å². The first kappa shape index (κ1) is 21.9. The van der Waals surface area contributed by atoms with Crippen LogP contribution in [0.2, 0.25) is 5.02 Å². The van der Waals surface area contributed by atoms with Crippen LogP contribution in [0.25, 0.3) is 0 Å². The predicted octanol–water partition coefficient (Wildman–Crippen LogP) is 4.17. The maximum absolute atomic E-state index is 12.4. The summed E-state index contributed by atoms with van der Waals surface area (Å²) < 4.78 is 1.84. The van der Waals surface area contributed by atoms with Crippen molar-refractivity contribution in [2.75, 3.05) is 16.4 Å². The van der Waals surface area contributed by atoms with E-state index in [2.05, 4.69) is 20.8 Å². The van der Waals surface area contributed by atoms with Crippen LogP contribution in [0.5, 0.6) is 0 Å². The Morgan fingerprint density at radius 3 is 2.47 bits per heavy atom. The van der Waals surface area contributed by atoms with Crippen LogP contribution >= 0.6 is 23.4 Å². The summed E-state index contributed by atoms with van der Waals surface area (Å²) in [5, 5.41) is 15.1. The number of nitrogens with zero attached hydrogens (tertiary/aromatic N) is 3. The van der Waals surface area contributed by atoms with E-state index in [4.69, 9.17) is 11.6 Å². The molecule has 156 valence electrons. The first-order valence-corrected chi connectivity index (χ1v) is 10.8. The number of carbonyl (C=O) groups excluding carboxylic acids is 2. The highest BCUT2D eigenvalue weighted by Crippen LogP contribution is 2.21. The Bertz CT molecular complexity index is 1040. The Morgan fingerprint density at radius 1 is 1.03 bits per heavy atom. The Kier molecular flexibility index (Phi) is 7.48. The summed E-state index contributed by atoms with van der Waals surface area (Å²) in [6.07, 6.45) is 0.0725. The molecule has 7 nitrogen and oxygen atoms in total. The zero-order valence-corrected chi connectivity index (χ0v) is 18.3. The lowest BCUT2D eigenvalue weighted by Gasteiger charge is -2.09. The molecule has 0 saturated heterocycles. The van der Waals surface area contributed by atoms with Gasteiger partial charge in [-0.25, -0.2) is 0 Å². The summed E-state index contributed by atoms with van der Waals surface area (Å²) in [5.41, 5.74) is 2.32. The van der Waals surface area contributed by atoms with Crippen molar-refractivity contribution in [3.63, 3.8) is 0 Å². The third kappa shape index (κ3) is 5.84. The van der Waals surface area contributed by atoms with Gasteiger partial charge in [0.15, 0.2) is 5.16 Å². The van der Waals surface area contributed by atoms with E-state index in [1.807, 2.05) is 54.8 Å². The number of aryl methyl sites for hydroxylation is 1. The smallest absolute Gasteiger partial charge is 0.234 e. The van der Waals surface area contributed by atoms with Crippen LogP contribution in [0.3, 0.4) is 0 Å². The van der Waals surface area contributed by atoms with Crippen molar-refractivity contribution in [1.82, 2.24) is 14.8 Å². The Morgan fingerprint density at radius 2 is 1.77 bits per heavy atom. The molecule has 3 rings (SSSR count). The first-order chi connectivity index (χ1) is 14.5. The van der Waals surface area contributed by atoms with Crippen LogP contribution in [0.4, 0.5) is 11.4 Å². The average molecular weight is 444 g/mol. The molecule has 0 aliphatic heterocycles. The predicted molar refractivity (Wildman–Crippen MR) is 120 cm³/mol. The van der Waals surface area contributed by atoms with Crippen LogP contribution < -0.4 is 10.6 Å². The minimum Gasteiger partial charge on any atom is -0.326 e. The number of benzene rings is 2. The summed E-state index contributed by atoms with van der Waals surface area (Å²) in [7, 11) is 0. The monoisotopic (exact) mass is 443 g/mol. The van der Waals surface area contributed by atoms with Crippen molar-refractivity contribution in [3.8, 4) is 0 Å². The van der Waals surface area contributed by atoms with E-state index in [1.54, 1.807) is 12.1 Å². The Balaban J connectivity index is 1.58. The number of hydrogen-bond acceptors (Lipinski definition) is 5. The Hall–Kier alpha value is -2.84. The van der Waals surface area contributed by atoms with E-state index < -0.39 is 0 Å². The van der Waals surface area contributed by atoms with Gasteiger partial charge in [0.2, 0.25) is 11.8 Å². The second kappa shape index (κ2) is 10.3. The van der Waals surface area contributed by atoms with Crippen LogP contribution in [-0.4, -0.2) is 32.3 Å². The first-order valence-electron chi connectivity index (χ1n) is 9.42. The van der Waals surface area contributed by atoms with E-state index >= 15 is 0 Å². The van der Waals surface area contributed by atoms with Crippen LogP contribution in [0.15, 0.2) is 53.7 Å². The molecule has 0 spiro atoms. The van der Waals surface area contributed by atoms with Crippen molar-refractivity contribution in [2.45, 2.75) is 32.0 Å². The molecule has 2 amide bonds. The minimum atomic E-state index is -0.213. The van der Waals surface area contributed by atoms with Gasteiger partial charge >= 0.3 is 0 Å². The van der Waals surface area contributed by atoms with Crippen molar-refractivity contribution in [3.05, 3.63) is 64.9 Å². The maximum Gasteiger partial charge on any atom is 0.234 e. The third-order valence-corrected chi connectivity index (χ3v) is 5.65. The number of hydrogen-bond donors (Lipinski definition) is 2. The van der Waals surface area contributed by atoms with Gasteiger partial charge in [0, 0.05) is 22.9 Å². The fraction of sp³-hybridized carbons (Fsp3) is 0.238. The summed E-state index contributed by atoms with van der Waals surface area (Å²) in [6, 6.07) is 14.6. The van der Waals surface area contributed by atoms with Gasteiger partial charge in [0.25, 0.3) is 0 Å². The maximum atomic E-state index is 12.4. The zero-order chi connectivity index (χ0) is 21.5. The molecular weight excluding hydrogens is 422 g/mol. The molecule has 2 N–H and O–H groups in total. The van der Waals surface area contributed by atoms with E-state index in [-0.39, 0.29) is 24.0 Å². The molecule has 1 heterocycles. The molecule has 0 unspecified atom stereocenters. The number of nitrogens with one attached hydrogen (secondary N) is 2. The highest BCUT2D eigenvalue weighted by molar-refractivity contribution is 7.99. The van der Waals surface area contributed by atoms with Gasteiger partial charge in [-0.05, 0) is 43.7 Å². The van der Waals surface area contributed by atoms with E-state index in [0.717, 1.165) is 11.3 Å². The van der Waals surface area contributed by atoms with Crippen molar-refractivity contribution in [2.24, 2.45) is 0 Å². The SMILES string of the molecule is CCn1c(CC(=O)Nc2ccc(C)c(Cl)c2)nnc1SCC(=O)Nc1ccccc1. The number of amides is 2. The van der Waals surface area contributed by atoms with Crippen molar-refractivity contribution < 1.29 is 9.59 Å². The molecule has 30 heavy (non-hydrogen) atoms. The molecule has 0 aliphatic rings. The third-order valence-electron chi connectivity index (χ3n) is 4.27. The number of thioether (sulfide) groups is 1. The highest BCUT2D eigenvalue weighted by Gasteiger charge is 2.16. The number of para-hydroxylation sites is 1. The lowest BCUT2D eigenvalue weighted by atomic mass is 10.2. The molecule has 3 aromatic rings. The second-order valence-corrected chi connectivity index (χ2v) is 7.88. The molecule has 0 aliphatic carbocycles. The van der Waals surface area contributed by atoms with Gasteiger partial charge < -0.3 is 15.2 Å². The Labute approximate surface area is 184 Å². The second-order valence-electron chi connectivity index (χ2n) is 6.53. The average Bonchev–Trinajstić information content (AvgIpc) is 3.11. The summed E-state index contributed by atoms with van der Waals surface area (Å²) >= 11 is 7.39. The fourth-order valence-corrected chi connectivity index (χ4v) is 3.74. The van der Waals surface area contributed by atoms with Gasteiger partial charge in [0.1, 0.15) is 5.82 Å². The van der Waals surface area contributed by atoms with Crippen molar-refractivity contribution >= 4 is 46.6 Å². The lowest BCUT2D eigenvalue weighted by molar-refractivity contribution is -0.116. The van der Waals surface area contributed by atoms with E-state index in [9.17, 15) is 9.59 Å². The molecule has 0 saturated carbocycles. The molecular formula is C21H22ClN5O2S. The normalized spacial score (nSPS) is 10.6. The molecule has 0 bridgehead atoms. The topological polar surface area (TPSA) is 88.9 Å². The molecule has 2 aromatic carbocycles. The fourth-order valence-electron chi connectivity index (χ4n) is 2.74. The largest absolute Gasteiger partial charge is 0.326 e. The molecule has 0 fully saturated rings. The molecule has 0 atom stereocenters. The number of aromatic nitrogens is 3. The van der Waals surface area contributed by atoms with E-state index in [0.29, 0.717) is 28.2 Å². The number of halogens is 1. The quantitative estimate of drug-likeness (QED) is 0.510. The summed E-state index contributed by atoms with van der Waals surface area (Å²) in [4.78, 5) is 24.6. The minimum absolute atomic E-state index is 0.0725. The van der Waals surface area contributed by atoms with Crippen LogP contribution in [-0.2, 0) is 22.6 Å². The molecule has 9 heteroatoms. The standard InChI is InChI=1S/C21H22ClN5O2S/c1-3-27-18(12-19(28)24-16-10-9-14(2)17(22)11-16)25-26-21(27)30-13-20(29)23-15-7-5-4-6-8-15/h4-11H,3,12-13H2,1-2H3,(H,23,29)(H,24,28).